The molecule has 2 heterocycles. The van der Waals surface area contributed by atoms with Gasteiger partial charge in [-0.1, -0.05) is 20.8 Å². The zero-order valence-corrected chi connectivity index (χ0v) is 13.2. The second-order valence-corrected chi connectivity index (χ2v) is 7.20. The fraction of sp³-hybridized carbons (Fsp3) is 0.667. The summed E-state index contributed by atoms with van der Waals surface area (Å²) in [4.78, 5) is 6.97. The Morgan fingerprint density at radius 2 is 2.00 bits per heavy atom. The highest BCUT2D eigenvalue weighted by Gasteiger charge is 2.28. The summed E-state index contributed by atoms with van der Waals surface area (Å²) in [6.45, 7) is 10.5. The van der Waals surface area contributed by atoms with Crippen molar-refractivity contribution in [2.45, 2.75) is 40.2 Å². The molecule has 0 spiro atoms. The van der Waals surface area contributed by atoms with E-state index in [2.05, 4.69) is 52.7 Å². The molecule has 1 aliphatic rings. The normalized spacial score (nSPS) is 19.1. The molecule has 0 aromatic carbocycles. The standard InChI is InChI=1S/C15H23BrN2/c1-15(2,3)12-6-9-18(10-7-12)11-14-13(16)5-4-8-17-14/h4-5,8,12H,6-7,9-11H2,1-3H3. The van der Waals surface area contributed by atoms with Crippen molar-refractivity contribution in [3.63, 3.8) is 0 Å². The number of pyridine rings is 1. The molecule has 3 heteroatoms. The van der Waals surface area contributed by atoms with Crippen LogP contribution in [0.2, 0.25) is 0 Å². The Morgan fingerprint density at radius 3 is 2.56 bits per heavy atom. The lowest BCUT2D eigenvalue weighted by Gasteiger charge is -2.38. The molecular formula is C15H23BrN2. The molecule has 1 aromatic heterocycles. The first-order valence-corrected chi connectivity index (χ1v) is 7.58. The highest BCUT2D eigenvalue weighted by Crippen LogP contribution is 2.34. The minimum Gasteiger partial charge on any atom is -0.297 e. The lowest BCUT2D eigenvalue weighted by atomic mass is 9.75. The Morgan fingerprint density at radius 1 is 1.33 bits per heavy atom. The molecule has 2 nitrogen and oxygen atoms in total. The molecule has 1 saturated heterocycles. The summed E-state index contributed by atoms with van der Waals surface area (Å²) in [5, 5.41) is 0. The Balaban J connectivity index is 1.90. The second kappa shape index (κ2) is 5.70. The molecule has 100 valence electrons. The van der Waals surface area contributed by atoms with Gasteiger partial charge in [0.15, 0.2) is 0 Å². The molecule has 0 atom stereocenters. The summed E-state index contributed by atoms with van der Waals surface area (Å²) in [6, 6.07) is 4.05. The van der Waals surface area contributed by atoms with Gasteiger partial charge in [0.05, 0.1) is 5.69 Å². The van der Waals surface area contributed by atoms with Crippen LogP contribution >= 0.6 is 15.9 Å². The smallest absolute Gasteiger partial charge is 0.0685 e. The Bertz CT molecular complexity index is 390. The van der Waals surface area contributed by atoms with Crippen molar-refractivity contribution in [1.29, 1.82) is 0 Å². The quantitative estimate of drug-likeness (QED) is 0.817. The summed E-state index contributed by atoms with van der Waals surface area (Å²) in [5.74, 6) is 0.862. The Hall–Kier alpha value is -0.410. The summed E-state index contributed by atoms with van der Waals surface area (Å²) in [5.41, 5.74) is 1.62. The fourth-order valence-electron chi connectivity index (χ4n) is 2.70. The van der Waals surface area contributed by atoms with Crippen molar-refractivity contribution in [3.8, 4) is 0 Å². The maximum atomic E-state index is 4.45. The predicted octanol–water partition coefficient (Wildman–Crippen LogP) is 4.10. The van der Waals surface area contributed by atoms with E-state index in [0.717, 1.165) is 22.6 Å². The third kappa shape index (κ3) is 3.55. The van der Waals surface area contributed by atoms with Crippen LogP contribution in [0.1, 0.15) is 39.3 Å². The lowest BCUT2D eigenvalue weighted by molar-refractivity contribution is 0.107. The van der Waals surface area contributed by atoms with Crippen molar-refractivity contribution in [2.24, 2.45) is 11.3 Å². The van der Waals surface area contributed by atoms with Gasteiger partial charge < -0.3 is 0 Å². The SMILES string of the molecule is CC(C)(C)C1CCN(Cc2ncccc2Br)CC1. The first-order valence-electron chi connectivity index (χ1n) is 6.78. The number of halogens is 1. The minimum absolute atomic E-state index is 0.456. The molecule has 0 bridgehead atoms. The molecule has 0 aliphatic carbocycles. The molecule has 0 N–H and O–H groups in total. The van der Waals surface area contributed by atoms with Gasteiger partial charge >= 0.3 is 0 Å². The number of nitrogens with zero attached hydrogens (tertiary/aromatic N) is 2. The number of likely N-dealkylation sites (tertiary alicyclic amines) is 1. The van der Waals surface area contributed by atoms with E-state index in [1.54, 1.807) is 0 Å². The maximum Gasteiger partial charge on any atom is 0.0685 e. The molecule has 0 amide bonds. The topological polar surface area (TPSA) is 16.1 Å². The van der Waals surface area contributed by atoms with Gasteiger partial charge in [-0.15, -0.1) is 0 Å². The molecule has 1 aromatic rings. The van der Waals surface area contributed by atoms with E-state index in [9.17, 15) is 0 Å². The Labute approximate surface area is 119 Å². The first kappa shape index (κ1) is 14.0. The van der Waals surface area contributed by atoms with Crippen molar-refractivity contribution < 1.29 is 0 Å². The molecule has 0 radical (unpaired) electrons. The Kier molecular flexibility index (Phi) is 4.44. The molecule has 0 unspecified atom stereocenters. The molecule has 18 heavy (non-hydrogen) atoms. The van der Waals surface area contributed by atoms with Crippen LogP contribution in [0.4, 0.5) is 0 Å². The summed E-state index contributed by atoms with van der Waals surface area (Å²) in [6.07, 6.45) is 4.50. The van der Waals surface area contributed by atoms with Crippen LogP contribution in [0.15, 0.2) is 22.8 Å². The first-order chi connectivity index (χ1) is 8.47. The largest absolute Gasteiger partial charge is 0.297 e. The number of piperidine rings is 1. The average Bonchev–Trinajstić information content (AvgIpc) is 2.32. The van der Waals surface area contributed by atoms with Gasteiger partial charge in [0.1, 0.15) is 0 Å². The van der Waals surface area contributed by atoms with Crippen LogP contribution in [-0.2, 0) is 6.54 Å². The average molecular weight is 311 g/mol. The van der Waals surface area contributed by atoms with Crippen LogP contribution in [0.3, 0.4) is 0 Å². The zero-order valence-electron chi connectivity index (χ0n) is 11.6. The van der Waals surface area contributed by atoms with Gasteiger partial charge in [-0.05, 0) is 65.3 Å². The third-order valence-electron chi connectivity index (χ3n) is 4.02. The monoisotopic (exact) mass is 310 g/mol. The van der Waals surface area contributed by atoms with Gasteiger partial charge in [-0.3, -0.25) is 9.88 Å². The van der Waals surface area contributed by atoms with E-state index in [0.29, 0.717) is 5.41 Å². The van der Waals surface area contributed by atoms with Crippen LogP contribution in [0.5, 0.6) is 0 Å². The summed E-state index contributed by atoms with van der Waals surface area (Å²) < 4.78 is 1.13. The molecule has 1 aliphatic heterocycles. The van der Waals surface area contributed by atoms with Crippen molar-refractivity contribution >= 4 is 15.9 Å². The third-order valence-corrected chi connectivity index (χ3v) is 4.74. The van der Waals surface area contributed by atoms with Crippen molar-refractivity contribution in [1.82, 2.24) is 9.88 Å². The van der Waals surface area contributed by atoms with E-state index >= 15 is 0 Å². The van der Waals surface area contributed by atoms with E-state index in [-0.39, 0.29) is 0 Å². The van der Waals surface area contributed by atoms with E-state index in [4.69, 9.17) is 0 Å². The minimum atomic E-state index is 0.456. The molecule has 0 saturated carbocycles. The summed E-state index contributed by atoms with van der Waals surface area (Å²) >= 11 is 3.58. The van der Waals surface area contributed by atoms with Gasteiger partial charge in [0, 0.05) is 17.2 Å². The maximum absolute atomic E-state index is 4.45. The van der Waals surface area contributed by atoms with Crippen LogP contribution < -0.4 is 0 Å². The summed E-state index contributed by atoms with van der Waals surface area (Å²) in [7, 11) is 0. The van der Waals surface area contributed by atoms with Gasteiger partial charge in [0.25, 0.3) is 0 Å². The highest BCUT2D eigenvalue weighted by molar-refractivity contribution is 9.10. The predicted molar refractivity (Wildman–Crippen MR) is 79.4 cm³/mol. The lowest BCUT2D eigenvalue weighted by Crippen LogP contribution is -2.37. The van der Waals surface area contributed by atoms with Gasteiger partial charge in [0.2, 0.25) is 0 Å². The number of hydrogen-bond acceptors (Lipinski definition) is 2. The van der Waals surface area contributed by atoms with Gasteiger partial charge in [-0.25, -0.2) is 0 Å². The molecule has 2 rings (SSSR count). The fourth-order valence-corrected chi connectivity index (χ4v) is 3.08. The van der Waals surface area contributed by atoms with E-state index < -0.39 is 0 Å². The van der Waals surface area contributed by atoms with Gasteiger partial charge in [-0.2, -0.15) is 0 Å². The van der Waals surface area contributed by atoms with Crippen molar-refractivity contribution in [2.75, 3.05) is 13.1 Å². The van der Waals surface area contributed by atoms with Crippen LogP contribution in [-0.4, -0.2) is 23.0 Å². The van der Waals surface area contributed by atoms with Crippen molar-refractivity contribution in [3.05, 3.63) is 28.5 Å². The van der Waals surface area contributed by atoms with E-state index in [1.165, 1.54) is 25.9 Å². The number of rotatable bonds is 2. The molecule has 1 fully saturated rings. The zero-order chi connectivity index (χ0) is 13.2. The number of hydrogen-bond donors (Lipinski definition) is 0. The number of aromatic nitrogens is 1. The molecular weight excluding hydrogens is 288 g/mol. The van der Waals surface area contributed by atoms with Crippen LogP contribution in [0, 0.1) is 11.3 Å². The van der Waals surface area contributed by atoms with E-state index in [1.807, 2.05) is 12.3 Å². The highest BCUT2D eigenvalue weighted by atomic mass is 79.9. The van der Waals surface area contributed by atoms with Crippen LogP contribution in [0.25, 0.3) is 0 Å². The second-order valence-electron chi connectivity index (χ2n) is 6.35.